The van der Waals surface area contributed by atoms with Crippen LogP contribution in [0.1, 0.15) is 0 Å². The van der Waals surface area contributed by atoms with Gasteiger partial charge in [-0.25, -0.2) is 0 Å². The predicted octanol–water partition coefficient (Wildman–Crippen LogP) is 16.7. The van der Waals surface area contributed by atoms with Crippen LogP contribution in [0.2, 0.25) is 0 Å². The highest BCUT2D eigenvalue weighted by molar-refractivity contribution is 6.18. The van der Waals surface area contributed by atoms with Crippen molar-refractivity contribution in [1.29, 1.82) is 0 Å². The van der Waals surface area contributed by atoms with Gasteiger partial charge < -0.3 is 9.30 Å². The second kappa shape index (κ2) is 14.8. The molecular weight excluding hydrogens is 749 g/mol. The Bertz CT molecular complexity index is 3470. The summed E-state index contributed by atoms with van der Waals surface area (Å²) < 4.78 is 2.35. The number of nitrogens with zero attached hydrogens (tertiary/aromatic N) is 2. The van der Waals surface area contributed by atoms with E-state index in [4.69, 9.17) is 0 Å². The molecule has 0 fully saturated rings. The van der Waals surface area contributed by atoms with E-state index in [-0.39, 0.29) is 0 Å². The minimum Gasteiger partial charge on any atom is -0.316 e. The van der Waals surface area contributed by atoms with Crippen LogP contribution in [0.25, 0.3) is 93.2 Å². The third kappa shape index (κ3) is 6.04. The zero-order chi connectivity index (χ0) is 41.0. The van der Waals surface area contributed by atoms with Gasteiger partial charge in [0.15, 0.2) is 0 Å². The molecule has 0 saturated carbocycles. The Morgan fingerprint density at radius 2 is 0.758 bits per heavy atom. The van der Waals surface area contributed by atoms with E-state index in [0.717, 1.165) is 17.1 Å². The normalized spacial score (nSPS) is 11.5. The van der Waals surface area contributed by atoms with Crippen LogP contribution >= 0.6 is 0 Å². The van der Waals surface area contributed by atoms with Gasteiger partial charge in [-0.05, 0) is 126 Å². The minimum atomic E-state index is 1.09. The fraction of sp³-hybridized carbons (Fsp3) is 0. The summed E-state index contributed by atoms with van der Waals surface area (Å²) in [4.78, 5) is 2.37. The summed E-state index contributed by atoms with van der Waals surface area (Å²) in [5, 5.41) is 8.82. The van der Waals surface area contributed by atoms with Crippen LogP contribution < -0.4 is 4.90 Å². The van der Waals surface area contributed by atoms with Gasteiger partial charge in [-0.3, -0.25) is 0 Å². The Hall–Kier alpha value is -8.20. The second-order valence-electron chi connectivity index (χ2n) is 16.1. The van der Waals surface area contributed by atoms with Crippen LogP contribution in [0.5, 0.6) is 0 Å². The maximum absolute atomic E-state index is 2.37. The van der Waals surface area contributed by atoms with E-state index in [0.29, 0.717) is 0 Å². The molecule has 0 aliphatic heterocycles. The Morgan fingerprint density at radius 3 is 1.32 bits per heavy atom. The lowest BCUT2D eigenvalue weighted by molar-refractivity contribution is 1.25. The van der Waals surface area contributed by atoms with E-state index in [1.54, 1.807) is 0 Å². The molecule has 12 rings (SSSR count). The highest BCUT2D eigenvalue weighted by Gasteiger charge is 2.18. The van der Waals surface area contributed by atoms with Crippen molar-refractivity contribution in [2.45, 2.75) is 0 Å². The molecule has 2 nitrogen and oxygen atoms in total. The zero-order valence-electron chi connectivity index (χ0n) is 34.0. The molecule has 0 aliphatic rings. The summed E-state index contributed by atoms with van der Waals surface area (Å²) in [6.07, 6.45) is 2.24. The number of aromatic nitrogens is 1. The molecule has 10 aromatic carbocycles. The summed E-state index contributed by atoms with van der Waals surface area (Å²) in [6, 6.07) is 86.1. The van der Waals surface area contributed by atoms with Crippen molar-refractivity contribution in [1.82, 2.24) is 4.40 Å². The lowest BCUT2D eigenvalue weighted by Crippen LogP contribution is -2.09. The number of hydrogen-bond acceptors (Lipinski definition) is 1. The maximum atomic E-state index is 2.37. The van der Waals surface area contributed by atoms with E-state index in [2.05, 4.69) is 252 Å². The van der Waals surface area contributed by atoms with E-state index in [9.17, 15) is 0 Å². The average Bonchev–Trinajstić information content (AvgIpc) is 3.69. The smallest absolute Gasteiger partial charge is 0.0547 e. The van der Waals surface area contributed by atoms with Crippen LogP contribution in [-0.4, -0.2) is 4.40 Å². The Kier molecular flexibility index (Phi) is 8.53. The molecule has 0 unspecified atom stereocenters. The first-order chi connectivity index (χ1) is 30.7. The van der Waals surface area contributed by atoms with Crippen LogP contribution in [0.15, 0.2) is 243 Å². The molecule has 0 aliphatic carbocycles. The quantitative estimate of drug-likeness (QED) is 0.156. The lowest BCUT2D eigenvalue weighted by atomic mass is 9.97. The summed E-state index contributed by atoms with van der Waals surface area (Å²) in [7, 11) is 0. The largest absolute Gasteiger partial charge is 0.316 e. The van der Waals surface area contributed by atoms with Crippen LogP contribution in [0, 0.1) is 0 Å². The van der Waals surface area contributed by atoms with Gasteiger partial charge in [0.2, 0.25) is 0 Å². The third-order valence-corrected chi connectivity index (χ3v) is 12.6. The van der Waals surface area contributed by atoms with E-state index in [1.165, 1.54) is 93.2 Å². The fourth-order valence-electron chi connectivity index (χ4n) is 9.62. The van der Waals surface area contributed by atoms with Gasteiger partial charge in [0, 0.05) is 34.2 Å². The molecule has 0 N–H and O–H groups in total. The molecule has 0 saturated heterocycles. The van der Waals surface area contributed by atoms with Crippen LogP contribution in [-0.2, 0) is 0 Å². The Morgan fingerprint density at radius 1 is 0.290 bits per heavy atom. The molecule has 2 heterocycles. The minimum absolute atomic E-state index is 1.09. The van der Waals surface area contributed by atoms with Gasteiger partial charge in [-0.1, -0.05) is 182 Å². The standard InChI is InChI=1S/C60H40N2/c1-2-15-47(16-3-1)59-58-40-48(38-39-61(58)57-37-30-44-14-6-9-21-56(44)60(57)59)41-24-31-49(32-25-41)62(50-33-26-45(27-34-50)54-22-10-17-42-12-4-7-19-52(42)54)51-35-28-46(29-36-51)55-23-11-18-43-13-5-8-20-53(43)55/h1-40H. The molecule has 0 atom stereocenters. The molecule has 0 spiro atoms. The molecule has 2 aromatic heterocycles. The molecule has 12 aromatic rings. The Balaban J connectivity index is 0.961. The van der Waals surface area contributed by atoms with Gasteiger partial charge in [0.05, 0.1) is 11.0 Å². The first-order valence-electron chi connectivity index (χ1n) is 21.3. The molecule has 62 heavy (non-hydrogen) atoms. The molecule has 290 valence electrons. The van der Waals surface area contributed by atoms with Crippen LogP contribution in [0.3, 0.4) is 0 Å². The van der Waals surface area contributed by atoms with Gasteiger partial charge >= 0.3 is 0 Å². The van der Waals surface area contributed by atoms with Crippen molar-refractivity contribution in [3.63, 3.8) is 0 Å². The Labute approximate surface area is 360 Å². The van der Waals surface area contributed by atoms with Gasteiger partial charge in [-0.2, -0.15) is 0 Å². The summed E-state index contributed by atoms with van der Waals surface area (Å²) in [5.74, 6) is 0. The maximum Gasteiger partial charge on any atom is 0.0547 e. The number of rotatable bonds is 7. The summed E-state index contributed by atoms with van der Waals surface area (Å²) in [5.41, 5.74) is 15.4. The number of fused-ring (bicyclic) bond motifs is 7. The van der Waals surface area contributed by atoms with E-state index < -0.39 is 0 Å². The van der Waals surface area contributed by atoms with Crippen molar-refractivity contribution < 1.29 is 0 Å². The monoisotopic (exact) mass is 788 g/mol. The number of anilines is 3. The van der Waals surface area contributed by atoms with Crippen molar-refractivity contribution in [2.75, 3.05) is 4.90 Å². The molecule has 0 bridgehead atoms. The molecule has 0 radical (unpaired) electrons. The van der Waals surface area contributed by atoms with Crippen molar-refractivity contribution in [3.8, 4) is 44.5 Å². The predicted molar refractivity (Wildman–Crippen MR) is 264 cm³/mol. The van der Waals surface area contributed by atoms with E-state index in [1.807, 2.05) is 0 Å². The number of hydrogen-bond donors (Lipinski definition) is 0. The first kappa shape index (κ1) is 35.7. The second-order valence-corrected chi connectivity index (χ2v) is 16.1. The highest BCUT2D eigenvalue weighted by Crippen LogP contribution is 2.42. The number of pyridine rings is 1. The number of benzene rings is 10. The van der Waals surface area contributed by atoms with E-state index >= 15 is 0 Å². The lowest BCUT2D eigenvalue weighted by Gasteiger charge is -2.26. The molecular formula is C60H40N2. The fourth-order valence-corrected chi connectivity index (χ4v) is 9.62. The van der Waals surface area contributed by atoms with Crippen molar-refractivity contribution in [2.24, 2.45) is 0 Å². The van der Waals surface area contributed by atoms with Gasteiger partial charge in [0.1, 0.15) is 0 Å². The SMILES string of the molecule is c1ccc(-c2c3c4ccccc4ccc3n3ccc(-c4ccc(N(c5ccc(-c6cccc7ccccc67)cc5)c5ccc(-c6cccc7ccccc67)cc5)cc4)cc23)cc1. The molecule has 2 heteroatoms. The summed E-state index contributed by atoms with van der Waals surface area (Å²) in [6.45, 7) is 0. The van der Waals surface area contributed by atoms with Crippen molar-refractivity contribution in [3.05, 3.63) is 243 Å². The first-order valence-corrected chi connectivity index (χ1v) is 21.3. The molecule has 0 amide bonds. The van der Waals surface area contributed by atoms with Crippen molar-refractivity contribution >= 4 is 65.8 Å². The zero-order valence-corrected chi connectivity index (χ0v) is 34.0. The highest BCUT2D eigenvalue weighted by atomic mass is 15.1. The average molecular weight is 789 g/mol. The topological polar surface area (TPSA) is 7.65 Å². The van der Waals surface area contributed by atoms with Gasteiger partial charge in [0.25, 0.3) is 0 Å². The van der Waals surface area contributed by atoms with Crippen LogP contribution in [0.4, 0.5) is 17.1 Å². The summed E-state index contributed by atoms with van der Waals surface area (Å²) >= 11 is 0. The van der Waals surface area contributed by atoms with Gasteiger partial charge in [-0.15, -0.1) is 0 Å². The third-order valence-electron chi connectivity index (χ3n) is 12.6.